The summed E-state index contributed by atoms with van der Waals surface area (Å²) in [4.78, 5) is 12.2. The average Bonchev–Trinajstić information content (AvgIpc) is 2.50. The van der Waals surface area contributed by atoms with Crippen LogP contribution in [0.25, 0.3) is 6.08 Å². The number of rotatable bonds is 3. The van der Waals surface area contributed by atoms with Crippen LogP contribution in [0.5, 0.6) is 5.75 Å². The summed E-state index contributed by atoms with van der Waals surface area (Å²) in [5.74, 6) is -0.686. The van der Waals surface area contributed by atoms with Crippen LogP contribution in [0.15, 0.2) is 46.4 Å². The number of halogens is 3. The van der Waals surface area contributed by atoms with Gasteiger partial charge in [0, 0.05) is 15.1 Å². The molecule has 0 bridgehead atoms. The Kier molecular flexibility index (Phi) is 5.67. The van der Waals surface area contributed by atoms with E-state index in [9.17, 15) is 15.2 Å². The van der Waals surface area contributed by atoms with Crippen LogP contribution in [0.3, 0.4) is 0 Å². The summed E-state index contributed by atoms with van der Waals surface area (Å²) in [6, 6.07) is 11.1. The number of amides is 1. The molecule has 0 saturated carbocycles. The summed E-state index contributed by atoms with van der Waals surface area (Å²) in [6.07, 6.45) is 1.29. The van der Waals surface area contributed by atoms with E-state index in [1.54, 1.807) is 24.3 Å². The predicted octanol–water partition coefficient (Wildman–Crippen LogP) is 5.01. The fraction of sp³-hybridized carbons (Fsp3) is 0. The highest BCUT2D eigenvalue weighted by molar-refractivity contribution is 9.10. The molecule has 0 atom stereocenters. The monoisotopic (exact) mass is 410 g/mol. The van der Waals surface area contributed by atoms with Gasteiger partial charge < -0.3 is 10.4 Å². The van der Waals surface area contributed by atoms with Crippen molar-refractivity contribution in [2.75, 3.05) is 5.32 Å². The molecule has 0 unspecified atom stereocenters. The van der Waals surface area contributed by atoms with Crippen molar-refractivity contribution < 1.29 is 9.90 Å². The average molecular weight is 412 g/mol. The van der Waals surface area contributed by atoms with Gasteiger partial charge in [-0.15, -0.1) is 0 Å². The van der Waals surface area contributed by atoms with Gasteiger partial charge in [-0.25, -0.2) is 0 Å². The Morgan fingerprint density at radius 1 is 1.26 bits per heavy atom. The molecule has 0 aliphatic heterocycles. The molecule has 0 aliphatic rings. The van der Waals surface area contributed by atoms with Crippen molar-refractivity contribution >= 4 is 56.8 Å². The summed E-state index contributed by atoms with van der Waals surface area (Å²) in [5.41, 5.74) is 0.498. The fourth-order valence-corrected chi connectivity index (χ4v) is 2.56. The Morgan fingerprint density at radius 3 is 2.65 bits per heavy atom. The second-order valence-corrected chi connectivity index (χ2v) is 6.21. The molecule has 23 heavy (non-hydrogen) atoms. The highest BCUT2D eigenvalue weighted by atomic mass is 79.9. The van der Waals surface area contributed by atoms with Crippen LogP contribution < -0.4 is 5.32 Å². The van der Waals surface area contributed by atoms with Crippen molar-refractivity contribution in [3.63, 3.8) is 0 Å². The Bertz CT molecular complexity index is 844. The third kappa shape index (κ3) is 4.49. The van der Waals surface area contributed by atoms with Crippen LogP contribution in [0, 0.1) is 11.3 Å². The van der Waals surface area contributed by atoms with Crippen molar-refractivity contribution in [1.82, 2.24) is 0 Å². The Hall–Kier alpha value is -2.00. The summed E-state index contributed by atoms with van der Waals surface area (Å²) in [6.45, 7) is 0. The first-order valence-corrected chi connectivity index (χ1v) is 7.82. The Labute approximate surface area is 151 Å². The first kappa shape index (κ1) is 17.4. The van der Waals surface area contributed by atoms with Crippen molar-refractivity contribution in [1.29, 1.82) is 5.26 Å². The zero-order chi connectivity index (χ0) is 17.0. The minimum absolute atomic E-state index is 0.0433. The SMILES string of the molecule is N#C/C(=C\c1cc(Br)ccc1O)C(=O)Nc1ccc(Cl)cc1Cl. The molecule has 4 nitrogen and oxygen atoms in total. The summed E-state index contributed by atoms with van der Waals surface area (Å²) < 4.78 is 0.708. The lowest BCUT2D eigenvalue weighted by Gasteiger charge is -2.07. The zero-order valence-electron chi connectivity index (χ0n) is 11.5. The number of carbonyl (C=O) groups excluding carboxylic acids is 1. The standard InChI is InChI=1S/C16H9BrCl2N2O2/c17-11-1-4-15(22)9(6-11)5-10(8-20)16(23)21-14-3-2-12(18)7-13(14)19/h1-7,22H,(H,21,23)/b10-5+. The van der Waals surface area contributed by atoms with E-state index >= 15 is 0 Å². The number of aromatic hydroxyl groups is 1. The molecule has 0 fully saturated rings. The molecular weight excluding hydrogens is 403 g/mol. The highest BCUT2D eigenvalue weighted by Gasteiger charge is 2.13. The third-order valence-corrected chi connectivity index (χ3v) is 3.87. The number of phenols is 1. The van der Waals surface area contributed by atoms with Crippen molar-refractivity contribution in [2.45, 2.75) is 0 Å². The van der Waals surface area contributed by atoms with Gasteiger partial charge in [0.2, 0.25) is 0 Å². The van der Waals surface area contributed by atoms with Gasteiger partial charge in [0.25, 0.3) is 5.91 Å². The lowest BCUT2D eigenvalue weighted by molar-refractivity contribution is -0.112. The lowest BCUT2D eigenvalue weighted by atomic mass is 10.1. The van der Waals surface area contributed by atoms with Gasteiger partial charge in [-0.3, -0.25) is 4.79 Å². The van der Waals surface area contributed by atoms with Crippen LogP contribution in [0.2, 0.25) is 10.0 Å². The fourth-order valence-electron chi connectivity index (χ4n) is 1.73. The van der Waals surface area contributed by atoms with Crippen molar-refractivity contribution in [2.24, 2.45) is 0 Å². The van der Waals surface area contributed by atoms with Crippen molar-refractivity contribution in [3.05, 3.63) is 62.1 Å². The van der Waals surface area contributed by atoms with Crippen LogP contribution in [-0.2, 0) is 4.79 Å². The predicted molar refractivity (Wildman–Crippen MR) is 94.5 cm³/mol. The summed E-state index contributed by atoms with van der Waals surface area (Å²) in [7, 11) is 0. The topological polar surface area (TPSA) is 73.1 Å². The number of anilines is 1. The largest absolute Gasteiger partial charge is 0.507 e. The molecule has 0 heterocycles. The van der Waals surface area contributed by atoms with Gasteiger partial charge in [-0.2, -0.15) is 5.26 Å². The van der Waals surface area contributed by atoms with Gasteiger partial charge in [-0.1, -0.05) is 39.1 Å². The maximum absolute atomic E-state index is 12.2. The van der Waals surface area contributed by atoms with E-state index in [4.69, 9.17) is 23.2 Å². The number of benzene rings is 2. The first-order chi connectivity index (χ1) is 10.9. The van der Waals surface area contributed by atoms with Gasteiger partial charge in [0.1, 0.15) is 17.4 Å². The molecular formula is C16H9BrCl2N2O2. The number of nitriles is 1. The molecule has 1 amide bonds. The van der Waals surface area contributed by atoms with E-state index < -0.39 is 5.91 Å². The molecule has 7 heteroatoms. The summed E-state index contributed by atoms with van der Waals surface area (Å²) >= 11 is 15.0. The lowest BCUT2D eigenvalue weighted by Crippen LogP contribution is -2.13. The van der Waals surface area contributed by atoms with Gasteiger partial charge >= 0.3 is 0 Å². The molecule has 2 aromatic carbocycles. The third-order valence-electron chi connectivity index (χ3n) is 2.83. The van der Waals surface area contributed by atoms with E-state index in [1.807, 2.05) is 0 Å². The smallest absolute Gasteiger partial charge is 0.266 e. The molecule has 2 rings (SSSR count). The molecule has 0 aromatic heterocycles. The number of nitrogens with zero attached hydrogens (tertiary/aromatic N) is 1. The summed E-state index contributed by atoms with van der Waals surface area (Å²) in [5, 5.41) is 22.2. The van der Waals surface area contributed by atoms with Crippen LogP contribution in [0.4, 0.5) is 5.69 Å². The van der Waals surface area contributed by atoms with Gasteiger partial charge in [0.05, 0.1) is 10.7 Å². The quantitative estimate of drug-likeness (QED) is 0.550. The molecule has 0 spiro atoms. The number of hydrogen-bond donors (Lipinski definition) is 2. The highest BCUT2D eigenvalue weighted by Crippen LogP contribution is 2.27. The molecule has 2 N–H and O–H groups in total. The number of nitrogens with one attached hydrogen (secondary N) is 1. The Balaban J connectivity index is 2.30. The van der Waals surface area contributed by atoms with Crippen LogP contribution in [-0.4, -0.2) is 11.0 Å². The zero-order valence-corrected chi connectivity index (χ0v) is 14.6. The maximum Gasteiger partial charge on any atom is 0.266 e. The maximum atomic E-state index is 12.2. The number of phenolic OH excluding ortho intramolecular Hbond substituents is 1. The molecule has 0 saturated heterocycles. The van der Waals surface area contributed by atoms with Crippen molar-refractivity contribution in [3.8, 4) is 11.8 Å². The van der Waals surface area contributed by atoms with E-state index in [0.717, 1.165) is 0 Å². The molecule has 2 aromatic rings. The van der Waals surface area contributed by atoms with Crippen LogP contribution >= 0.6 is 39.1 Å². The Morgan fingerprint density at radius 2 is 2.00 bits per heavy atom. The molecule has 116 valence electrons. The number of carbonyl (C=O) groups is 1. The molecule has 0 aliphatic carbocycles. The second-order valence-electron chi connectivity index (χ2n) is 4.45. The second kappa shape index (κ2) is 7.51. The van der Waals surface area contributed by atoms with E-state index in [-0.39, 0.29) is 16.3 Å². The minimum atomic E-state index is -0.643. The van der Waals surface area contributed by atoms with E-state index in [1.165, 1.54) is 24.3 Å². The first-order valence-electron chi connectivity index (χ1n) is 6.27. The van der Waals surface area contributed by atoms with E-state index in [2.05, 4.69) is 21.2 Å². The molecule has 0 radical (unpaired) electrons. The number of hydrogen-bond acceptors (Lipinski definition) is 3. The van der Waals surface area contributed by atoms with Gasteiger partial charge in [0.15, 0.2) is 0 Å². The van der Waals surface area contributed by atoms with Crippen LogP contribution in [0.1, 0.15) is 5.56 Å². The minimum Gasteiger partial charge on any atom is -0.507 e. The van der Waals surface area contributed by atoms with E-state index in [0.29, 0.717) is 20.7 Å². The van der Waals surface area contributed by atoms with Gasteiger partial charge in [-0.05, 0) is 42.5 Å². The normalized spacial score (nSPS) is 11.0.